The number of hydrogen-bond acceptors (Lipinski definition) is 8. The van der Waals surface area contributed by atoms with Crippen molar-refractivity contribution in [3.63, 3.8) is 0 Å². The molecule has 9 heteroatoms. The molecule has 1 aliphatic carbocycles. The van der Waals surface area contributed by atoms with Crippen LogP contribution in [0.15, 0.2) is 47.1 Å². The zero-order valence-electron chi connectivity index (χ0n) is 14.9. The van der Waals surface area contributed by atoms with Crippen LogP contribution >= 0.6 is 0 Å². The van der Waals surface area contributed by atoms with Crippen molar-refractivity contribution >= 4 is 23.4 Å². The number of non-ortho nitro benzene ring substituents is 1. The first kappa shape index (κ1) is 17.9. The summed E-state index contributed by atoms with van der Waals surface area (Å²) in [5, 5.41) is 10.9. The van der Waals surface area contributed by atoms with E-state index in [-0.39, 0.29) is 11.4 Å². The number of rotatable bonds is 4. The van der Waals surface area contributed by atoms with Gasteiger partial charge in [-0.25, -0.2) is 0 Å². The summed E-state index contributed by atoms with van der Waals surface area (Å²) < 4.78 is 15.7. The Kier molecular flexibility index (Phi) is 3.68. The molecule has 2 aliphatic rings. The number of esters is 2. The molecule has 144 valence electrons. The maximum atomic E-state index is 12.9. The van der Waals surface area contributed by atoms with Gasteiger partial charge in [0.15, 0.2) is 11.2 Å². The van der Waals surface area contributed by atoms with Crippen molar-refractivity contribution in [3.05, 3.63) is 64.1 Å². The molecular formula is C19H15NO8. The van der Waals surface area contributed by atoms with E-state index in [4.69, 9.17) is 13.9 Å². The normalized spacial score (nSPS) is 24.4. The molecule has 28 heavy (non-hydrogen) atoms. The zero-order valence-corrected chi connectivity index (χ0v) is 14.9. The van der Waals surface area contributed by atoms with Crippen molar-refractivity contribution in [1.82, 2.24) is 0 Å². The average Bonchev–Trinajstić information content (AvgIpc) is 3.01. The van der Waals surface area contributed by atoms with Gasteiger partial charge in [0.05, 0.1) is 17.1 Å². The van der Waals surface area contributed by atoms with Crippen molar-refractivity contribution in [2.45, 2.75) is 25.6 Å². The third-order valence-electron chi connectivity index (χ3n) is 5.07. The van der Waals surface area contributed by atoms with Gasteiger partial charge in [0.25, 0.3) is 11.5 Å². The van der Waals surface area contributed by atoms with Gasteiger partial charge in [-0.3, -0.25) is 24.5 Å². The molecule has 1 saturated heterocycles. The molecule has 2 fully saturated rings. The first-order chi connectivity index (χ1) is 13.2. The highest BCUT2D eigenvalue weighted by molar-refractivity contribution is 6.16. The molecule has 1 aliphatic heterocycles. The Hall–Kier alpha value is -3.49. The lowest BCUT2D eigenvalue weighted by Gasteiger charge is -2.33. The van der Waals surface area contributed by atoms with Gasteiger partial charge in [0, 0.05) is 31.9 Å². The number of Topliss-reactive ketones (excluding diaryl/α,β-unsaturated/α-hetero) is 1. The fourth-order valence-corrected chi connectivity index (χ4v) is 3.80. The van der Waals surface area contributed by atoms with Crippen LogP contribution in [0.2, 0.25) is 0 Å². The number of nitro groups is 1. The fourth-order valence-electron chi connectivity index (χ4n) is 3.80. The van der Waals surface area contributed by atoms with Crippen molar-refractivity contribution in [1.29, 1.82) is 0 Å². The number of nitrogens with zero attached hydrogens (tertiary/aromatic N) is 1. The zero-order chi connectivity index (χ0) is 20.3. The second-order valence-electron chi connectivity index (χ2n) is 7.19. The molecule has 1 saturated carbocycles. The van der Waals surface area contributed by atoms with E-state index in [0.717, 1.165) is 0 Å². The minimum absolute atomic E-state index is 0.000722. The number of ketones is 1. The second-order valence-corrected chi connectivity index (χ2v) is 7.19. The molecule has 2 atom stereocenters. The predicted molar refractivity (Wildman–Crippen MR) is 91.1 cm³/mol. The van der Waals surface area contributed by atoms with Gasteiger partial charge in [-0.05, 0) is 17.7 Å². The SMILES string of the molecule is CC1(C)OC(=O)C2(C(=O)O1)[C@H](C(=O)c1ccco1)[C@H]2c1ccc([N+](=O)[O-])cc1. The van der Waals surface area contributed by atoms with Crippen LogP contribution < -0.4 is 0 Å². The lowest BCUT2D eigenvalue weighted by molar-refractivity contribution is -0.384. The molecular weight excluding hydrogens is 370 g/mol. The summed E-state index contributed by atoms with van der Waals surface area (Å²) in [5.41, 5.74) is -1.57. The van der Waals surface area contributed by atoms with Gasteiger partial charge >= 0.3 is 11.9 Å². The lowest BCUT2D eigenvalue weighted by atomic mass is 9.96. The fraction of sp³-hybridized carbons (Fsp3) is 0.316. The third kappa shape index (κ3) is 2.43. The smallest absolute Gasteiger partial charge is 0.328 e. The monoisotopic (exact) mass is 385 g/mol. The van der Waals surface area contributed by atoms with Gasteiger partial charge in [-0.15, -0.1) is 0 Å². The summed E-state index contributed by atoms with van der Waals surface area (Å²) in [7, 11) is 0. The summed E-state index contributed by atoms with van der Waals surface area (Å²) in [6, 6.07) is 8.29. The summed E-state index contributed by atoms with van der Waals surface area (Å²) in [5.74, 6) is -5.66. The van der Waals surface area contributed by atoms with Crippen molar-refractivity contribution in [3.8, 4) is 0 Å². The highest BCUT2D eigenvalue weighted by Crippen LogP contribution is 2.68. The van der Waals surface area contributed by atoms with E-state index in [0.29, 0.717) is 5.56 Å². The van der Waals surface area contributed by atoms with Gasteiger partial charge in [0.2, 0.25) is 5.78 Å². The predicted octanol–water partition coefficient (Wildman–Crippen LogP) is 2.61. The number of hydrogen-bond donors (Lipinski definition) is 0. The number of carbonyl (C=O) groups is 3. The minimum Gasteiger partial charge on any atom is -0.461 e. The Balaban J connectivity index is 1.78. The third-order valence-corrected chi connectivity index (χ3v) is 5.07. The molecule has 1 spiro atoms. The van der Waals surface area contributed by atoms with Gasteiger partial charge in [-0.1, -0.05) is 12.1 Å². The number of nitro benzene ring substituents is 1. The number of carbonyl (C=O) groups excluding carboxylic acids is 3. The first-order valence-electron chi connectivity index (χ1n) is 8.47. The minimum atomic E-state index is -1.84. The van der Waals surface area contributed by atoms with Crippen LogP contribution in [0.3, 0.4) is 0 Å². The molecule has 2 aromatic rings. The van der Waals surface area contributed by atoms with Gasteiger partial charge in [-0.2, -0.15) is 0 Å². The standard InChI is InChI=1S/C19H15NO8/c1-18(2)27-16(22)19(17(23)28-18)13(10-5-7-11(8-6-10)20(24)25)14(19)15(21)12-4-3-9-26-12/h3-9,13-14H,1-2H3/t13-,14+/m1/s1. The number of benzene rings is 1. The van der Waals surface area contributed by atoms with E-state index in [2.05, 4.69) is 0 Å². The van der Waals surface area contributed by atoms with E-state index < -0.39 is 45.7 Å². The van der Waals surface area contributed by atoms with Crippen LogP contribution in [0.25, 0.3) is 0 Å². The van der Waals surface area contributed by atoms with Gasteiger partial charge in [0.1, 0.15) is 0 Å². The highest BCUT2D eigenvalue weighted by Gasteiger charge is 2.82. The highest BCUT2D eigenvalue weighted by atomic mass is 16.7. The Morgan fingerprint density at radius 1 is 1.07 bits per heavy atom. The topological polar surface area (TPSA) is 126 Å². The van der Waals surface area contributed by atoms with Crippen LogP contribution in [0.4, 0.5) is 5.69 Å². The Morgan fingerprint density at radius 2 is 1.68 bits per heavy atom. The Labute approximate surface area is 158 Å². The number of ether oxygens (including phenoxy) is 2. The van der Waals surface area contributed by atoms with Crippen LogP contribution in [-0.4, -0.2) is 28.4 Å². The molecule has 2 heterocycles. The Bertz CT molecular complexity index is 969. The number of furan rings is 1. The maximum Gasteiger partial charge on any atom is 0.328 e. The van der Waals surface area contributed by atoms with Crippen LogP contribution in [0.5, 0.6) is 0 Å². The molecule has 0 unspecified atom stereocenters. The molecule has 0 bridgehead atoms. The summed E-state index contributed by atoms with van der Waals surface area (Å²) in [6.07, 6.45) is 1.31. The van der Waals surface area contributed by atoms with Crippen LogP contribution in [-0.2, 0) is 19.1 Å². The molecule has 4 rings (SSSR count). The molecule has 1 aromatic heterocycles. The summed E-state index contributed by atoms with van der Waals surface area (Å²) in [6.45, 7) is 2.84. The van der Waals surface area contributed by atoms with Crippen LogP contribution in [0, 0.1) is 21.4 Å². The molecule has 1 aromatic carbocycles. The molecule has 0 N–H and O–H groups in total. The van der Waals surface area contributed by atoms with E-state index in [9.17, 15) is 24.5 Å². The van der Waals surface area contributed by atoms with Crippen LogP contribution in [0.1, 0.15) is 35.9 Å². The summed E-state index contributed by atoms with van der Waals surface area (Å²) >= 11 is 0. The first-order valence-corrected chi connectivity index (χ1v) is 8.47. The van der Waals surface area contributed by atoms with E-state index in [1.165, 1.54) is 56.5 Å². The van der Waals surface area contributed by atoms with Crippen molar-refractivity contribution in [2.24, 2.45) is 11.3 Å². The lowest BCUT2D eigenvalue weighted by Crippen LogP contribution is -2.49. The van der Waals surface area contributed by atoms with Gasteiger partial charge < -0.3 is 13.9 Å². The van der Waals surface area contributed by atoms with E-state index in [1.54, 1.807) is 0 Å². The van der Waals surface area contributed by atoms with E-state index >= 15 is 0 Å². The molecule has 0 amide bonds. The molecule has 9 nitrogen and oxygen atoms in total. The molecule has 0 radical (unpaired) electrons. The van der Waals surface area contributed by atoms with E-state index in [1.807, 2.05) is 0 Å². The maximum absolute atomic E-state index is 12.9. The quantitative estimate of drug-likeness (QED) is 0.258. The van der Waals surface area contributed by atoms with Crippen molar-refractivity contribution < 1.29 is 33.2 Å². The average molecular weight is 385 g/mol. The Morgan fingerprint density at radius 3 is 2.18 bits per heavy atom. The van der Waals surface area contributed by atoms with Crippen molar-refractivity contribution in [2.75, 3.05) is 0 Å². The second kappa shape index (κ2) is 5.75. The number of cyclic esters (lactones) is 2. The largest absolute Gasteiger partial charge is 0.461 e. The summed E-state index contributed by atoms with van der Waals surface area (Å²) in [4.78, 5) is 48.9.